The number of nitrogens with one attached hydrogen (secondary N) is 2. The molecule has 0 bridgehead atoms. The Morgan fingerprint density at radius 3 is 2.83 bits per heavy atom. The fourth-order valence-electron chi connectivity index (χ4n) is 1.79. The van der Waals surface area contributed by atoms with E-state index >= 15 is 0 Å². The minimum atomic E-state index is -0.434. The van der Waals surface area contributed by atoms with Gasteiger partial charge in [0.05, 0.1) is 6.61 Å². The van der Waals surface area contributed by atoms with E-state index in [1.165, 1.54) is 6.42 Å². The number of rotatable bonds is 6. The summed E-state index contributed by atoms with van der Waals surface area (Å²) in [5, 5.41) is 6.02. The van der Waals surface area contributed by atoms with Crippen LogP contribution in [0.3, 0.4) is 0 Å². The predicted molar refractivity (Wildman–Crippen MR) is 70.6 cm³/mol. The molecular weight excluding hydrogens is 232 g/mol. The van der Waals surface area contributed by atoms with Crippen LogP contribution in [0.2, 0.25) is 0 Å². The van der Waals surface area contributed by atoms with E-state index in [0.29, 0.717) is 19.1 Å². The quantitative estimate of drug-likeness (QED) is 0.709. The van der Waals surface area contributed by atoms with Gasteiger partial charge < -0.3 is 20.1 Å². The third-order valence-electron chi connectivity index (χ3n) is 2.65. The van der Waals surface area contributed by atoms with Crippen molar-refractivity contribution in [1.82, 2.24) is 10.6 Å². The summed E-state index contributed by atoms with van der Waals surface area (Å²) in [5.74, 6) is 0.656. The van der Waals surface area contributed by atoms with Gasteiger partial charge >= 0.3 is 6.09 Å². The number of hydrogen-bond acceptors (Lipinski definition) is 4. The van der Waals surface area contributed by atoms with Gasteiger partial charge in [-0.1, -0.05) is 0 Å². The fourth-order valence-corrected chi connectivity index (χ4v) is 1.79. The van der Waals surface area contributed by atoms with E-state index in [1.807, 2.05) is 20.8 Å². The Morgan fingerprint density at radius 2 is 2.22 bits per heavy atom. The van der Waals surface area contributed by atoms with Crippen LogP contribution in [0.1, 0.15) is 33.6 Å². The van der Waals surface area contributed by atoms with Crippen molar-refractivity contribution >= 4 is 6.09 Å². The lowest BCUT2D eigenvalue weighted by atomic mass is 10.1. The van der Waals surface area contributed by atoms with Gasteiger partial charge in [0.15, 0.2) is 0 Å². The molecule has 1 atom stereocenters. The molecule has 1 saturated heterocycles. The zero-order valence-corrected chi connectivity index (χ0v) is 11.8. The van der Waals surface area contributed by atoms with Crippen LogP contribution >= 0.6 is 0 Å². The van der Waals surface area contributed by atoms with Crippen molar-refractivity contribution < 1.29 is 14.3 Å². The molecule has 1 fully saturated rings. The van der Waals surface area contributed by atoms with E-state index in [-0.39, 0.29) is 6.09 Å². The molecule has 0 aromatic carbocycles. The molecule has 106 valence electrons. The van der Waals surface area contributed by atoms with Crippen molar-refractivity contribution in [2.45, 2.75) is 39.2 Å². The summed E-state index contributed by atoms with van der Waals surface area (Å²) in [4.78, 5) is 11.3. The van der Waals surface area contributed by atoms with Crippen molar-refractivity contribution in [3.05, 3.63) is 0 Å². The third kappa shape index (κ3) is 7.50. The first-order valence-electron chi connectivity index (χ1n) is 6.73. The molecule has 0 saturated carbocycles. The van der Waals surface area contributed by atoms with Gasteiger partial charge in [-0.05, 0) is 46.1 Å². The molecule has 5 heteroatoms. The van der Waals surface area contributed by atoms with Crippen molar-refractivity contribution in [3.63, 3.8) is 0 Å². The molecule has 0 spiro atoms. The van der Waals surface area contributed by atoms with Gasteiger partial charge in [-0.3, -0.25) is 0 Å². The molecule has 1 rings (SSSR count). The Morgan fingerprint density at radius 1 is 1.44 bits per heavy atom. The standard InChI is InChI=1S/C13H26N2O3/c1-13(2,3)18-12(16)15-6-4-8-17-10-11-5-7-14-9-11/h11,14H,4-10H2,1-3H3,(H,15,16). The molecule has 0 aromatic heterocycles. The van der Waals surface area contributed by atoms with Gasteiger partial charge in [-0.25, -0.2) is 4.79 Å². The predicted octanol–water partition coefficient (Wildman–Crippen LogP) is 1.53. The van der Waals surface area contributed by atoms with E-state index in [0.717, 1.165) is 26.1 Å². The van der Waals surface area contributed by atoms with Crippen molar-refractivity contribution in [3.8, 4) is 0 Å². The molecule has 0 aromatic rings. The number of carbonyl (C=O) groups excluding carboxylic acids is 1. The summed E-state index contributed by atoms with van der Waals surface area (Å²) in [5.41, 5.74) is -0.434. The lowest BCUT2D eigenvalue weighted by molar-refractivity contribution is 0.0516. The van der Waals surface area contributed by atoms with Crippen LogP contribution in [0.25, 0.3) is 0 Å². The largest absolute Gasteiger partial charge is 0.444 e. The highest BCUT2D eigenvalue weighted by molar-refractivity contribution is 5.67. The number of hydrogen-bond donors (Lipinski definition) is 2. The number of amides is 1. The van der Waals surface area contributed by atoms with Crippen LogP contribution in [0.5, 0.6) is 0 Å². The van der Waals surface area contributed by atoms with Crippen LogP contribution in [0.4, 0.5) is 4.79 Å². The monoisotopic (exact) mass is 258 g/mol. The zero-order valence-electron chi connectivity index (χ0n) is 11.8. The first-order valence-corrected chi connectivity index (χ1v) is 6.73. The maximum Gasteiger partial charge on any atom is 0.407 e. The van der Waals surface area contributed by atoms with Gasteiger partial charge in [0, 0.05) is 19.7 Å². The van der Waals surface area contributed by atoms with Gasteiger partial charge in [-0.2, -0.15) is 0 Å². The lowest BCUT2D eigenvalue weighted by Gasteiger charge is -2.19. The maximum atomic E-state index is 11.3. The minimum absolute atomic E-state index is 0.359. The molecule has 1 aliphatic rings. The first-order chi connectivity index (χ1) is 8.47. The highest BCUT2D eigenvalue weighted by Gasteiger charge is 2.16. The van der Waals surface area contributed by atoms with Gasteiger partial charge in [0.2, 0.25) is 0 Å². The van der Waals surface area contributed by atoms with E-state index in [9.17, 15) is 4.79 Å². The van der Waals surface area contributed by atoms with Crippen molar-refractivity contribution in [2.24, 2.45) is 5.92 Å². The highest BCUT2D eigenvalue weighted by atomic mass is 16.6. The fraction of sp³-hybridized carbons (Fsp3) is 0.923. The molecule has 18 heavy (non-hydrogen) atoms. The summed E-state index contributed by atoms with van der Waals surface area (Å²) in [6.45, 7) is 9.83. The smallest absolute Gasteiger partial charge is 0.407 e. The zero-order chi connectivity index (χ0) is 13.4. The normalized spacial score (nSPS) is 19.8. The van der Waals surface area contributed by atoms with Gasteiger partial charge in [-0.15, -0.1) is 0 Å². The Balaban J connectivity index is 1.90. The summed E-state index contributed by atoms with van der Waals surface area (Å²) in [6, 6.07) is 0. The van der Waals surface area contributed by atoms with Crippen LogP contribution in [0.15, 0.2) is 0 Å². The first kappa shape index (κ1) is 15.2. The Bertz CT molecular complexity index is 245. The van der Waals surface area contributed by atoms with Crippen molar-refractivity contribution in [1.29, 1.82) is 0 Å². The summed E-state index contributed by atoms with van der Waals surface area (Å²) in [7, 11) is 0. The van der Waals surface area contributed by atoms with E-state index in [4.69, 9.17) is 9.47 Å². The topological polar surface area (TPSA) is 59.6 Å². The Hall–Kier alpha value is -0.810. The van der Waals surface area contributed by atoms with E-state index in [1.54, 1.807) is 0 Å². The molecule has 0 aliphatic carbocycles. The highest BCUT2D eigenvalue weighted by Crippen LogP contribution is 2.07. The molecular formula is C13H26N2O3. The second kappa shape index (κ2) is 7.59. The second-order valence-corrected chi connectivity index (χ2v) is 5.72. The summed E-state index contributed by atoms with van der Waals surface area (Å²) in [6.07, 6.45) is 1.66. The lowest BCUT2D eigenvalue weighted by Crippen LogP contribution is -2.33. The van der Waals surface area contributed by atoms with Crippen LogP contribution in [-0.2, 0) is 9.47 Å². The summed E-state index contributed by atoms with van der Waals surface area (Å²) < 4.78 is 10.7. The average Bonchev–Trinajstić information content (AvgIpc) is 2.73. The Kier molecular flexibility index (Phi) is 6.43. The molecule has 2 N–H and O–H groups in total. The van der Waals surface area contributed by atoms with E-state index in [2.05, 4.69) is 10.6 Å². The van der Waals surface area contributed by atoms with Crippen LogP contribution in [0, 0.1) is 5.92 Å². The number of ether oxygens (including phenoxy) is 2. The van der Waals surface area contributed by atoms with Gasteiger partial charge in [0.1, 0.15) is 5.60 Å². The summed E-state index contributed by atoms with van der Waals surface area (Å²) >= 11 is 0. The molecule has 5 nitrogen and oxygen atoms in total. The maximum absolute atomic E-state index is 11.3. The van der Waals surface area contributed by atoms with Crippen LogP contribution < -0.4 is 10.6 Å². The minimum Gasteiger partial charge on any atom is -0.444 e. The molecule has 1 aliphatic heterocycles. The van der Waals surface area contributed by atoms with Crippen molar-refractivity contribution in [2.75, 3.05) is 32.8 Å². The van der Waals surface area contributed by atoms with Crippen LogP contribution in [-0.4, -0.2) is 44.5 Å². The third-order valence-corrected chi connectivity index (χ3v) is 2.65. The molecule has 0 radical (unpaired) electrons. The van der Waals surface area contributed by atoms with Gasteiger partial charge in [0.25, 0.3) is 0 Å². The average molecular weight is 258 g/mol. The number of carbonyl (C=O) groups is 1. The van der Waals surface area contributed by atoms with E-state index < -0.39 is 5.60 Å². The SMILES string of the molecule is CC(C)(C)OC(=O)NCCCOCC1CCNC1. The number of alkyl carbamates (subject to hydrolysis) is 1. The Labute approximate surface area is 110 Å². The molecule has 1 unspecified atom stereocenters. The molecule has 1 amide bonds. The molecule has 1 heterocycles. The second-order valence-electron chi connectivity index (χ2n) is 5.72.